The van der Waals surface area contributed by atoms with Crippen molar-refractivity contribution in [2.24, 2.45) is 0 Å². The summed E-state index contributed by atoms with van der Waals surface area (Å²) in [5.74, 6) is 0.492. The van der Waals surface area contributed by atoms with Crippen molar-refractivity contribution in [1.29, 1.82) is 0 Å². The third-order valence-corrected chi connectivity index (χ3v) is 3.94. The Labute approximate surface area is 122 Å². The van der Waals surface area contributed by atoms with Gasteiger partial charge in [-0.1, -0.05) is 13.3 Å². The predicted octanol–water partition coefficient (Wildman–Crippen LogP) is 3.10. The van der Waals surface area contributed by atoms with Gasteiger partial charge in [0.05, 0.1) is 17.6 Å². The third-order valence-electron chi connectivity index (χ3n) is 3.05. The Morgan fingerprint density at radius 1 is 1.40 bits per heavy atom. The first-order valence-corrected chi connectivity index (χ1v) is 7.67. The van der Waals surface area contributed by atoms with Gasteiger partial charge in [0.2, 0.25) is 0 Å². The van der Waals surface area contributed by atoms with E-state index in [4.69, 9.17) is 4.74 Å². The number of nitrogens with zero attached hydrogens (tertiary/aromatic N) is 3. The molecule has 2 heterocycles. The number of hydrogen-bond acceptors (Lipinski definition) is 6. The van der Waals surface area contributed by atoms with Gasteiger partial charge >= 0.3 is 5.97 Å². The van der Waals surface area contributed by atoms with Crippen molar-refractivity contribution >= 4 is 33.3 Å². The van der Waals surface area contributed by atoms with E-state index in [9.17, 15) is 4.79 Å². The third kappa shape index (κ3) is 2.90. The van der Waals surface area contributed by atoms with E-state index in [1.807, 2.05) is 7.05 Å². The normalized spacial score (nSPS) is 10.8. The number of ether oxygens (including phenoxy) is 1. The van der Waals surface area contributed by atoms with Crippen molar-refractivity contribution in [3.05, 3.63) is 17.3 Å². The second-order valence-corrected chi connectivity index (χ2v) is 5.38. The fourth-order valence-corrected chi connectivity index (χ4v) is 2.88. The lowest BCUT2D eigenvalue weighted by Gasteiger charge is -2.18. The maximum atomic E-state index is 12.0. The second kappa shape index (κ2) is 6.65. The van der Waals surface area contributed by atoms with Gasteiger partial charge in [0.25, 0.3) is 0 Å². The summed E-state index contributed by atoms with van der Waals surface area (Å²) in [6.07, 6.45) is 3.75. The highest BCUT2D eigenvalue weighted by Gasteiger charge is 2.19. The van der Waals surface area contributed by atoms with Crippen LogP contribution in [0.5, 0.6) is 0 Å². The molecule has 0 radical (unpaired) electrons. The molecule has 0 aromatic carbocycles. The molecule has 20 heavy (non-hydrogen) atoms. The minimum absolute atomic E-state index is 0.307. The van der Waals surface area contributed by atoms with Crippen LogP contribution in [0, 0.1) is 0 Å². The number of rotatable bonds is 6. The molecule has 0 amide bonds. The average Bonchev–Trinajstić information content (AvgIpc) is 2.88. The van der Waals surface area contributed by atoms with Gasteiger partial charge < -0.3 is 9.64 Å². The van der Waals surface area contributed by atoms with E-state index in [1.165, 1.54) is 11.3 Å². The SMILES string of the molecule is CCCCN(C)c1ncnc2scc(C(=O)OCC)c12. The van der Waals surface area contributed by atoms with Gasteiger partial charge in [-0.25, -0.2) is 14.8 Å². The molecule has 0 fully saturated rings. The number of carbonyl (C=O) groups excluding carboxylic acids is 1. The van der Waals surface area contributed by atoms with Crippen LogP contribution in [-0.4, -0.2) is 36.1 Å². The van der Waals surface area contributed by atoms with Gasteiger partial charge in [-0.15, -0.1) is 11.3 Å². The first kappa shape index (κ1) is 14.7. The second-order valence-electron chi connectivity index (χ2n) is 4.52. The topological polar surface area (TPSA) is 55.3 Å². The summed E-state index contributed by atoms with van der Waals surface area (Å²) in [4.78, 5) is 23.5. The number of esters is 1. The van der Waals surface area contributed by atoms with Crippen LogP contribution in [-0.2, 0) is 4.74 Å². The van der Waals surface area contributed by atoms with Crippen LogP contribution in [0.25, 0.3) is 10.2 Å². The minimum atomic E-state index is -0.307. The van der Waals surface area contributed by atoms with Crippen molar-refractivity contribution in [2.45, 2.75) is 26.7 Å². The lowest BCUT2D eigenvalue weighted by molar-refractivity contribution is 0.0529. The first-order chi connectivity index (χ1) is 9.69. The molecule has 2 aromatic rings. The van der Waals surface area contributed by atoms with Gasteiger partial charge in [0, 0.05) is 19.0 Å². The number of hydrogen-bond donors (Lipinski definition) is 0. The zero-order valence-electron chi connectivity index (χ0n) is 12.0. The molecule has 0 saturated heterocycles. The van der Waals surface area contributed by atoms with E-state index in [-0.39, 0.29) is 5.97 Å². The quantitative estimate of drug-likeness (QED) is 0.766. The van der Waals surface area contributed by atoms with E-state index in [1.54, 1.807) is 18.6 Å². The summed E-state index contributed by atoms with van der Waals surface area (Å²) in [6.45, 7) is 5.22. The maximum absolute atomic E-state index is 12.0. The van der Waals surface area contributed by atoms with Gasteiger partial charge in [-0.2, -0.15) is 0 Å². The zero-order chi connectivity index (χ0) is 14.5. The largest absolute Gasteiger partial charge is 0.462 e. The fourth-order valence-electron chi connectivity index (χ4n) is 2.01. The molecule has 0 atom stereocenters. The molecule has 2 rings (SSSR count). The number of anilines is 1. The van der Waals surface area contributed by atoms with E-state index >= 15 is 0 Å². The Balaban J connectivity index is 2.43. The average molecular weight is 293 g/mol. The molecule has 0 aliphatic rings. The number of unbranched alkanes of at least 4 members (excludes halogenated alkanes) is 1. The Hall–Kier alpha value is -1.69. The van der Waals surface area contributed by atoms with E-state index < -0.39 is 0 Å². The Kier molecular flexibility index (Phi) is 4.89. The molecule has 0 aliphatic heterocycles. The molecule has 108 valence electrons. The Morgan fingerprint density at radius 2 is 2.20 bits per heavy atom. The van der Waals surface area contributed by atoms with Crippen LogP contribution < -0.4 is 4.90 Å². The molecule has 0 N–H and O–H groups in total. The van der Waals surface area contributed by atoms with E-state index in [0.717, 1.165) is 35.4 Å². The molecule has 0 saturated carbocycles. The Morgan fingerprint density at radius 3 is 2.90 bits per heavy atom. The highest BCUT2D eigenvalue weighted by molar-refractivity contribution is 7.17. The molecule has 0 unspecified atom stereocenters. The van der Waals surface area contributed by atoms with Crippen molar-refractivity contribution in [3.63, 3.8) is 0 Å². The summed E-state index contributed by atoms with van der Waals surface area (Å²) in [5.41, 5.74) is 0.561. The lowest BCUT2D eigenvalue weighted by atomic mass is 10.2. The van der Waals surface area contributed by atoms with E-state index in [0.29, 0.717) is 12.2 Å². The van der Waals surface area contributed by atoms with Crippen LogP contribution in [0.3, 0.4) is 0 Å². The standard InChI is InChI=1S/C14H19N3O2S/c1-4-6-7-17(3)12-11-10(14(18)19-5-2)8-20-13(11)16-9-15-12/h8-9H,4-7H2,1-3H3. The molecular formula is C14H19N3O2S. The Bertz CT molecular complexity index is 597. The smallest absolute Gasteiger partial charge is 0.339 e. The van der Waals surface area contributed by atoms with Crippen molar-refractivity contribution in [2.75, 3.05) is 25.1 Å². The number of carbonyl (C=O) groups is 1. The number of thiophene rings is 1. The van der Waals surface area contributed by atoms with Gasteiger partial charge in [-0.3, -0.25) is 0 Å². The van der Waals surface area contributed by atoms with Crippen LogP contribution in [0.1, 0.15) is 37.0 Å². The summed E-state index contributed by atoms with van der Waals surface area (Å²) in [6, 6.07) is 0. The molecule has 0 aliphatic carbocycles. The zero-order valence-corrected chi connectivity index (χ0v) is 12.9. The van der Waals surface area contributed by atoms with Gasteiger partial charge in [0.15, 0.2) is 0 Å². The van der Waals surface area contributed by atoms with E-state index in [2.05, 4.69) is 21.8 Å². The predicted molar refractivity (Wildman–Crippen MR) is 81.5 cm³/mol. The summed E-state index contributed by atoms with van der Waals surface area (Å²) < 4.78 is 5.10. The molecule has 2 aromatic heterocycles. The van der Waals surface area contributed by atoms with Crippen LogP contribution in [0.2, 0.25) is 0 Å². The van der Waals surface area contributed by atoms with Crippen LogP contribution in [0.15, 0.2) is 11.7 Å². The molecule has 6 heteroatoms. The van der Waals surface area contributed by atoms with Crippen LogP contribution >= 0.6 is 11.3 Å². The first-order valence-electron chi connectivity index (χ1n) is 6.79. The van der Waals surface area contributed by atoms with Crippen molar-refractivity contribution in [1.82, 2.24) is 9.97 Å². The molecule has 0 spiro atoms. The van der Waals surface area contributed by atoms with Gasteiger partial charge in [0.1, 0.15) is 17.0 Å². The summed E-state index contributed by atoms with van der Waals surface area (Å²) in [5, 5.41) is 2.60. The molecule has 0 bridgehead atoms. The maximum Gasteiger partial charge on any atom is 0.339 e. The molecule has 5 nitrogen and oxygen atoms in total. The highest BCUT2D eigenvalue weighted by Crippen LogP contribution is 2.31. The molecular weight excluding hydrogens is 274 g/mol. The van der Waals surface area contributed by atoms with Gasteiger partial charge in [-0.05, 0) is 13.3 Å². The van der Waals surface area contributed by atoms with Crippen LogP contribution in [0.4, 0.5) is 5.82 Å². The number of aromatic nitrogens is 2. The monoisotopic (exact) mass is 293 g/mol. The summed E-state index contributed by atoms with van der Waals surface area (Å²) >= 11 is 1.44. The van der Waals surface area contributed by atoms with Crippen molar-refractivity contribution < 1.29 is 9.53 Å². The number of fused-ring (bicyclic) bond motifs is 1. The van der Waals surface area contributed by atoms with Crippen molar-refractivity contribution in [3.8, 4) is 0 Å². The lowest BCUT2D eigenvalue weighted by Crippen LogP contribution is -2.20. The summed E-state index contributed by atoms with van der Waals surface area (Å²) in [7, 11) is 1.99. The fraction of sp³-hybridized carbons (Fsp3) is 0.500. The highest BCUT2D eigenvalue weighted by atomic mass is 32.1. The minimum Gasteiger partial charge on any atom is -0.462 e.